The zero-order chi connectivity index (χ0) is 41.1. The molecule has 0 bridgehead atoms. The van der Waals surface area contributed by atoms with Crippen LogP contribution in [0.4, 0.5) is 9.59 Å². The van der Waals surface area contributed by atoms with Crippen molar-refractivity contribution in [2.75, 3.05) is 19.8 Å². The monoisotopic (exact) mass is 797 g/mol. The van der Waals surface area contributed by atoms with Gasteiger partial charge in [0.25, 0.3) is 11.8 Å². The second-order valence-corrected chi connectivity index (χ2v) is 20.7. The van der Waals surface area contributed by atoms with Crippen molar-refractivity contribution in [1.82, 2.24) is 4.90 Å². The van der Waals surface area contributed by atoms with E-state index >= 15 is 0 Å². The Bertz CT molecular complexity index is 1950. The summed E-state index contributed by atoms with van der Waals surface area (Å²) in [5, 5.41) is -0.353. The van der Waals surface area contributed by atoms with E-state index in [4.69, 9.17) is 32.8 Å². The van der Waals surface area contributed by atoms with Crippen LogP contribution >= 0.6 is 0 Å². The Hall–Kier alpha value is -5.08. The second kappa shape index (κ2) is 17.2. The van der Waals surface area contributed by atoms with E-state index in [0.717, 1.165) is 32.7 Å². The number of ether oxygens (including phenoxy) is 6. The molecule has 57 heavy (non-hydrogen) atoms. The molecule has 1 aliphatic carbocycles. The van der Waals surface area contributed by atoms with Crippen LogP contribution in [0.25, 0.3) is 11.1 Å². The minimum Gasteiger partial charge on any atom is -0.433 e. The van der Waals surface area contributed by atoms with Crippen molar-refractivity contribution in [3.8, 4) is 11.1 Å². The minimum atomic E-state index is -2.76. The molecule has 0 aromatic heterocycles. The van der Waals surface area contributed by atoms with Crippen LogP contribution in [-0.4, -0.2) is 87.8 Å². The van der Waals surface area contributed by atoms with Gasteiger partial charge in [-0.25, -0.2) is 9.59 Å². The Balaban J connectivity index is 1.38. The summed E-state index contributed by atoms with van der Waals surface area (Å²) in [5.74, 6) is -1.54. The molecule has 302 valence electrons. The van der Waals surface area contributed by atoms with E-state index in [-0.39, 0.29) is 48.5 Å². The fraction of sp³-hybridized carbons (Fsp3) is 0.409. The predicted octanol–water partition coefficient (Wildman–Crippen LogP) is 8.07. The van der Waals surface area contributed by atoms with Crippen LogP contribution < -0.4 is 0 Å². The number of carbonyl (C=O) groups excluding carboxylic acids is 4. The maximum absolute atomic E-state index is 14.1. The standard InChI is InChI=1S/C44H51NO11Si/c1-9-23-51-42(48)54-37-35(26-50-24-29-17-11-10-12-18-29)53-41(56-57(7,8)44(4,5)6)36(45-39(46)27(2)28(3)40(45)47)38(37)55-43(49)52-25-34-32-21-15-13-19-30(32)31-20-14-16-22-33(31)34/h9-22,34-38,41H,1,23-26H2,2-8H3/t35-,36-,37-,38-,41+/m1/s1. The van der Waals surface area contributed by atoms with Crippen LogP contribution in [-0.2, 0) is 49.0 Å². The third kappa shape index (κ3) is 8.76. The summed E-state index contributed by atoms with van der Waals surface area (Å²) in [6.45, 7) is 16.5. The van der Waals surface area contributed by atoms with E-state index in [1.807, 2.05) is 113 Å². The van der Waals surface area contributed by atoms with Crippen molar-refractivity contribution in [2.45, 2.75) is 95.9 Å². The molecule has 1 saturated heterocycles. The van der Waals surface area contributed by atoms with Crippen LogP contribution in [0.3, 0.4) is 0 Å². The third-order valence-electron chi connectivity index (χ3n) is 11.3. The quantitative estimate of drug-likeness (QED) is 0.0719. The predicted molar refractivity (Wildman–Crippen MR) is 213 cm³/mol. The minimum absolute atomic E-state index is 0.0808. The molecule has 1 fully saturated rings. The largest absolute Gasteiger partial charge is 0.509 e. The second-order valence-electron chi connectivity index (χ2n) is 15.9. The van der Waals surface area contributed by atoms with Gasteiger partial charge in [-0.05, 0) is 59.8 Å². The van der Waals surface area contributed by atoms with E-state index in [2.05, 4.69) is 6.58 Å². The highest BCUT2D eigenvalue weighted by molar-refractivity contribution is 6.74. The number of imide groups is 1. The number of fused-ring (bicyclic) bond motifs is 3. The molecule has 0 unspecified atom stereocenters. The number of nitrogens with zero attached hydrogens (tertiary/aromatic N) is 1. The number of hydrogen-bond donors (Lipinski definition) is 0. The van der Waals surface area contributed by atoms with Gasteiger partial charge in [-0.3, -0.25) is 14.5 Å². The molecule has 12 nitrogen and oxygen atoms in total. The average Bonchev–Trinajstić information content (AvgIpc) is 3.59. The molecule has 2 heterocycles. The summed E-state index contributed by atoms with van der Waals surface area (Å²) in [4.78, 5) is 56.3. The van der Waals surface area contributed by atoms with Crippen LogP contribution in [0, 0.1) is 0 Å². The van der Waals surface area contributed by atoms with E-state index in [1.165, 1.54) is 6.08 Å². The van der Waals surface area contributed by atoms with Crippen molar-refractivity contribution in [1.29, 1.82) is 0 Å². The van der Waals surface area contributed by atoms with Gasteiger partial charge in [-0.15, -0.1) is 0 Å². The van der Waals surface area contributed by atoms with Gasteiger partial charge in [0.1, 0.15) is 25.4 Å². The highest BCUT2D eigenvalue weighted by atomic mass is 28.4. The summed E-state index contributed by atoms with van der Waals surface area (Å²) in [5.41, 5.74) is 5.36. The maximum Gasteiger partial charge on any atom is 0.509 e. The lowest BCUT2D eigenvalue weighted by atomic mass is 9.95. The lowest BCUT2D eigenvalue weighted by Crippen LogP contribution is -2.69. The van der Waals surface area contributed by atoms with Crippen molar-refractivity contribution in [3.63, 3.8) is 0 Å². The molecule has 2 aliphatic heterocycles. The lowest BCUT2D eigenvalue weighted by Gasteiger charge is -2.50. The van der Waals surface area contributed by atoms with Gasteiger partial charge in [0.15, 0.2) is 26.8 Å². The SMILES string of the molecule is C=CCOC(=O)O[C@H]1[C@H](OC(=O)OCC2c3ccccc3-c3ccccc32)[C@@H](N2C(=O)C(C)=C(C)C2=O)[C@H](O[Si](C)(C)C(C)(C)C)O[C@@H]1COCc1ccccc1. The fourth-order valence-electron chi connectivity index (χ4n) is 7.06. The summed E-state index contributed by atoms with van der Waals surface area (Å²) in [6.07, 6.45) is -6.36. The molecule has 3 aromatic carbocycles. The average molecular weight is 798 g/mol. The van der Waals surface area contributed by atoms with Gasteiger partial charge in [0.2, 0.25) is 0 Å². The normalized spacial score (nSPS) is 22.2. The third-order valence-corrected chi connectivity index (χ3v) is 15.7. The molecule has 13 heteroatoms. The smallest absolute Gasteiger partial charge is 0.433 e. The number of amides is 2. The van der Waals surface area contributed by atoms with Gasteiger partial charge in [0.05, 0.1) is 13.2 Å². The first-order valence-corrected chi connectivity index (χ1v) is 22.0. The first kappa shape index (κ1) is 41.5. The molecule has 3 aromatic rings. The van der Waals surface area contributed by atoms with Crippen LogP contribution in [0.15, 0.2) is 103 Å². The number of benzene rings is 3. The van der Waals surface area contributed by atoms with Crippen molar-refractivity contribution >= 4 is 32.4 Å². The van der Waals surface area contributed by atoms with Gasteiger partial charge in [-0.2, -0.15) is 0 Å². The van der Waals surface area contributed by atoms with Crippen LogP contribution in [0.1, 0.15) is 57.2 Å². The molecule has 5 atom stereocenters. The molecule has 0 spiro atoms. The van der Waals surface area contributed by atoms with E-state index < -0.39 is 63.1 Å². The number of rotatable bonds is 13. The molecule has 2 amide bonds. The van der Waals surface area contributed by atoms with Gasteiger partial charge in [-0.1, -0.05) is 112 Å². The molecular formula is C44H51NO11Si. The summed E-state index contributed by atoms with van der Waals surface area (Å²) >= 11 is 0. The molecule has 3 aliphatic rings. The first-order valence-electron chi connectivity index (χ1n) is 19.1. The fourth-order valence-corrected chi connectivity index (χ4v) is 8.19. The van der Waals surface area contributed by atoms with Crippen LogP contribution in [0.2, 0.25) is 18.1 Å². The Morgan fingerprint density at radius 3 is 1.91 bits per heavy atom. The number of hydrogen-bond acceptors (Lipinski definition) is 11. The Labute approximate surface area is 334 Å². The van der Waals surface area contributed by atoms with Gasteiger partial charge < -0.3 is 32.8 Å². The zero-order valence-electron chi connectivity index (χ0n) is 33.5. The molecule has 0 N–H and O–H groups in total. The van der Waals surface area contributed by atoms with E-state index in [9.17, 15) is 19.2 Å². The maximum atomic E-state index is 14.1. The Morgan fingerprint density at radius 1 is 0.789 bits per heavy atom. The summed E-state index contributed by atoms with van der Waals surface area (Å²) in [7, 11) is -2.76. The van der Waals surface area contributed by atoms with Crippen molar-refractivity contribution in [2.24, 2.45) is 0 Å². The molecular weight excluding hydrogens is 747 g/mol. The lowest BCUT2D eigenvalue weighted by molar-refractivity contribution is -0.268. The highest BCUT2D eigenvalue weighted by Gasteiger charge is 2.59. The van der Waals surface area contributed by atoms with Gasteiger partial charge >= 0.3 is 12.3 Å². The molecule has 6 rings (SSSR count). The van der Waals surface area contributed by atoms with Crippen LogP contribution in [0.5, 0.6) is 0 Å². The zero-order valence-corrected chi connectivity index (χ0v) is 34.5. The Kier molecular flexibility index (Phi) is 12.5. The Morgan fingerprint density at radius 2 is 1.33 bits per heavy atom. The number of carbonyl (C=O) groups is 4. The summed E-state index contributed by atoms with van der Waals surface area (Å²) in [6, 6.07) is 23.8. The van der Waals surface area contributed by atoms with E-state index in [1.54, 1.807) is 13.8 Å². The molecule has 0 saturated carbocycles. The van der Waals surface area contributed by atoms with Gasteiger partial charge in [0, 0.05) is 17.1 Å². The van der Waals surface area contributed by atoms with Crippen molar-refractivity contribution in [3.05, 3.63) is 119 Å². The topological polar surface area (TPSA) is 136 Å². The van der Waals surface area contributed by atoms with E-state index in [0.29, 0.717) is 0 Å². The first-order chi connectivity index (χ1) is 27.1. The van der Waals surface area contributed by atoms with Crippen molar-refractivity contribution < 1.29 is 52.0 Å². The summed E-state index contributed by atoms with van der Waals surface area (Å²) < 4.78 is 42.8. The highest BCUT2D eigenvalue weighted by Crippen LogP contribution is 2.45. The molecule has 0 radical (unpaired) electrons.